The van der Waals surface area contributed by atoms with Crippen LogP contribution in [0.3, 0.4) is 0 Å². The van der Waals surface area contributed by atoms with E-state index in [2.05, 4.69) is 23.5 Å². The minimum atomic E-state index is -0.126. The van der Waals surface area contributed by atoms with E-state index in [0.29, 0.717) is 0 Å². The maximum absolute atomic E-state index is 13.7. The Balaban J connectivity index is 2.20. The van der Waals surface area contributed by atoms with Crippen LogP contribution in [0.15, 0.2) is 36.4 Å². The Bertz CT molecular complexity index is 590. The Morgan fingerprint density at radius 2 is 1.83 bits per heavy atom. The van der Waals surface area contributed by atoms with E-state index in [1.807, 2.05) is 13.0 Å². The molecule has 0 unspecified atom stereocenters. The molecule has 2 aromatic rings. The minimum Gasteiger partial charge on any atom is -0.312 e. The Hall–Kier alpha value is -1.67. The second kappa shape index (κ2) is 4.54. The number of rotatable bonds is 1. The van der Waals surface area contributed by atoms with Gasteiger partial charge in [0.25, 0.3) is 0 Å². The van der Waals surface area contributed by atoms with Crippen LogP contribution in [0.5, 0.6) is 0 Å². The molecule has 1 heterocycles. The summed E-state index contributed by atoms with van der Waals surface area (Å²) >= 11 is 0. The molecule has 0 bridgehead atoms. The topological polar surface area (TPSA) is 12.0 Å². The highest BCUT2D eigenvalue weighted by Gasteiger charge is 2.15. The van der Waals surface area contributed by atoms with Crippen molar-refractivity contribution in [2.75, 3.05) is 6.54 Å². The molecule has 92 valence electrons. The quantitative estimate of drug-likeness (QED) is 0.806. The summed E-state index contributed by atoms with van der Waals surface area (Å²) in [4.78, 5) is 0. The number of fused-ring (bicyclic) bond motifs is 1. The monoisotopic (exact) mass is 241 g/mol. The average molecular weight is 241 g/mol. The van der Waals surface area contributed by atoms with Gasteiger partial charge in [-0.2, -0.15) is 0 Å². The molecule has 0 radical (unpaired) electrons. The highest BCUT2D eigenvalue weighted by molar-refractivity contribution is 5.72. The van der Waals surface area contributed by atoms with Crippen LogP contribution in [0.1, 0.15) is 16.7 Å². The van der Waals surface area contributed by atoms with Crippen molar-refractivity contribution < 1.29 is 4.39 Å². The minimum absolute atomic E-state index is 0.126. The Morgan fingerprint density at radius 3 is 2.72 bits per heavy atom. The molecule has 1 aliphatic heterocycles. The van der Waals surface area contributed by atoms with Crippen LogP contribution in [0.4, 0.5) is 4.39 Å². The third-order valence-corrected chi connectivity index (χ3v) is 3.70. The first-order chi connectivity index (χ1) is 8.77. The second-order valence-corrected chi connectivity index (χ2v) is 4.78. The standard InChI is InChI=1S/C16H16FN/c1-11-13(5-3-7-16(11)17)15-6-2-4-12-10-18-9-8-14(12)15/h2-7,18H,8-10H2,1H3. The van der Waals surface area contributed by atoms with Gasteiger partial charge in [-0.1, -0.05) is 30.3 Å². The van der Waals surface area contributed by atoms with E-state index < -0.39 is 0 Å². The number of benzene rings is 2. The molecule has 18 heavy (non-hydrogen) atoms. The highest BCUT2D eigenvalue weighted by Crippen LogP contribution is 2.31. The van der Waals surface area contributed by atoms with Crippen molar-refractivity contribution in [3.8, 4) is 11.1 Å². The molecular formula is C16H16FN. The summed E-state index contributed by atoms with van der Waals surface area (Å²) < 4.78 is 13.7. The number of nitrogens with one attached hydrogen (secondary N) is 1. The lowest BCUT2D eigenvalue weighted by atomic mass is 9.89. The molecule has 0 fully saturated rings. The summed E-state index contributed by atoms with van der Waals surface area (Å²) in [6.45, 7) is 3.76. The van der Waals surface area contributed by atoms with Gasteiger partial charge in [0.05, 0.1) is 0 Å². The third-order valence-electron chi connectivity index (χ3n) is 3.70. The molecule has 0 saturated heterocycles. The Labute approximate surface area is 107 Å². The molecular weight excluding hydrogens is 225 g/mol. The van der Waals surface area contributed by atoms with Crippen molar-refractivity contribution in [1.29, 1.82) is 0 Å². The Morgan fingerprint density at radius 1 is 1.06 bits per heavy atom. The van der Waals surface area contributed by atoms with Gasteiger partial charge in [-0.3, -0.25) is 0 Å². The van der Waals surface area contributed by atoms with Crippen LogP contribution in [0, 0.1) is 12.7 Å². The summed E-state index contributed by atoms with van der Waals surface area (Å²) in [7, 11) is 0. The van der Waals surface area contributed by atoms with E-state index in [-0.39, 0.29) is 5.82 Å². The van der Waals surface area contributed by atoms with E-state index in [1.165, 1.54) is 22.8 Å². The second-order valence-electron chi connectivity index (χ2n) is 4.78. The van der Waals surface area contributed by atoms with Gasteiger partial charge in [0.1, 0.15) is 5.82 Å². The first-order valence-electron chi connectivity index (χ1n) is 6.34. The SMILES string of the molecule is Cc1c(F)cccc1-c1cccc2c1CCNC2. The maximum atomic E-state index is 13.7. The zero-order valence-corrected chi connectivity index (χ0v) is 10.5. The molecule has 0 saturated carbocycles. The number of hydrogen-bond acceptors (Lipinski definition) is 1. The molecule has 1 aliphatic rings. The molecule has 0 atom stereocenters. The smallest absolute Gasteiger partial charge is 0.126 e. The summed E-state index contributed by atoms with van der Waals surface area (Å²) in [6, 6.07) is 11.6. The van der Waals surface area contributed by atoms with Crippen molar-refractivity contribution in [3.05, 3.63) is 58.9 Å². The molecule has 0 aromatic heterocycles. The lowest BCUT2D eigenvalue weighted by molar-refractivity contribution is 0.619. The first kappa shape index (κ1) is 11.4. The van der Waals surface area contributed by atoms with Crippen LogP contribution in [-0.4, -0.2) is 6.54 Å². The predicted octanol–water partition coefficient (Wildman–Crippen LogP) is 3.45. The van der Waals surface area contributed by atoms with Gasteiger partial charge in [-0.05, 0) is 53.8 Å². The molecule has 3 rings (SSSR count). The molecule has 2 heteroatoms. The molecule has 0 amide bonds. The van der Waals surface area contributed by atoms with Gasteiger partial charge in [0, 0.05) is 6.54 Å². The fraction of sp³-hybridized carbons (Fsp3) is 0.250. The number of halogens is 1. The molecule has 0 aliphatic carbocycles. The van der Waals surface area contributed by atoms with E-state index >= 15 is 0 Å². The van der Waals surface area contributed by atoms with Gasteiger partial charge < -0.3 is 5.32 Å². The van der Waals surface area contributed by atoms with Crippen LogP contribution in [-0.2, 0) is 13.0 Å². The van der Waals surface area contributed by atoms with E-state index in [9.17, 15) is 4.39 Å². The molecule has 2 aromatic carbocycles. The normalized spacial score (nSPS) is 14.3. The van der Waals surface area contributed by atoms with E-state index in [0.717, 1.165) is 30.6 Å². The summed E-state index contributed by atoms with van der Waals surface area (Å²) in [5.41, 5.74) is 5.65. The fourth-order valence-corrected chi connectivity index (χ4v) is 2.68. The van der Waals surface area contributed by atoms with Crippen molar-refractivity contribution in [3.63, 3.8) is 0 Å². The fourth-order valence-electron chi connectivity index (χ4n) is 2.68. The van der Waals surface area contributed by atoms with E-state index in [4.69, 9.17) is 0 Å². The van der Waals surface area contributed by atoms with Gasteiger partial charge >= 0.3 is 0 Å². The van der Waals surface area contributed by atoms with Crippen LogP contribution >= 0.6 is 0 Å². The van der Waals surface area contributed by atoms with Gasteiger partial charge in [0.15, 0.2) is 0 Å². The van der Waals surface area contributed by atoms with Crippen LogP contribution in [0.2, 0.25) is 0 Å². The first-order valence-corrected chi connectivity index (χ1v) is 6.34. The van der Waals surface area contributed by atoms with Crippen molar-refractivity contribution >= 4 is 0 Å². The summed E-state index contributed by atoms with van der Waals surface area (Å²) in [5, 5.41) is 3.37. The third kappa shape index (κ3) is 1.83. The van der Waals surface area contributed by atoms with E-state index in [1.54, 1.807) is 6.07 Å². The van der Waals surface area contributed by atoms with Crippen LogP contribution in [0.25, 0.3) is 11.1 Å². The van der Waals surface area contributed by atoms with Crippen LogP contribution < -0.4 is 5.32 Å². The van der Waals surface area contributed by atoms with Gasteiger partial charge in [-0.25, -0.2) is 4.39 Å². The van der Waals surface area contributed by atoms with Gasteiger partial charge in [-0.15, -0.1) is 0 Å². The lowest BCUT2D eigenvalue weighted by Crippen LogP contribution is -2.24. The zero-order valence-electron chi connectivity index (χ0n) is 10.5. The molecule has 1 nitrogen and oxygen atoms in total. The summed E-state index contributed by atoms with van der Waals surface area (Å²) in [6.07, 6.45) is 1.02. The number of hydrogen-bond donors (Lipinski definition) is 1. The predicted molar refractivity (Wildman–Crippen MR) is 72.0 cm³/mol. The average Bonchev–Trinajstić information content (AvgIpc) is 2.41. The Kier molecular flexibility index (Phi) is 2.88. The molecule has 1 N–H and O–H groups in total. The zero-order chi connectivity index (χ0) is 12.5. The largest absolute Gasteiger partial charge is 0.312 e. The van der Waals surface area contributed by atoms with Crippen molar-refractivity contribution in [1.82, 2.24) is 5.32 Å². The maximum Gasteiger partial charge on any atom is 0.126 e. The molecule has 0 spiro atoms. The van der Waals surface area contributed by atoms with Crippen molar-refractivity contribution in [2.24, 2.45) is 0 Å². The highest BCUT2D eigenvalue weighted by atomic mass is 19.1. The van der Waals surface area contributed by atoms with Crippen molar-refractivity contribution in [2.45, 2.75) is 19.9 Å². The summed E-state index contributed by atoms with van der Waals surface area (Å²) in [5.74, 6) is -0.126. The van der Waals surface area contributed by atoms with Gasteiger partial charge in [0.2, 0.25) is 0 Å². The lowest BCUT2D eigenvalue weighted by Gasteiger charge is -2.21.